The van der Waals surface area contributed by atoms with Gasteiger partial charge in [-0.2, -0.15) is 5.10 Å². The van der Waals surface area contributed by atoms with E-state index in [4.69, 9.17) is 4.74 Å². The molecule has 2 atom stereocenters. The Labute approximate surface area is 133 Å². The number of ether oxygens (including phenoxy) is 1. The van der Waals surface area contributed by atoms with Crippen LogP contribution in [0.2, 0.25) is 0 Å². The van der Waals surface area contributed by atoms with Gasteiger partial charge in [-0.1, -0.05) is 18.2 Å². The molecule has 1 N–H and O–H groups in total. The highest BCUT2D eigenvalue weighted by molar-refractivity contribution is 9.10. The largest absolute Gasteiger partial charge is 0.493 e. The number of halogens is 1. The molecule has 112 valence electrons. The van der Waals surface area contributed by atoms with E-state index in [9.17, 15) is 0 Å². The predicted octanol–water partition coefficient (Wildman–Crippen LogP) is 3.66. The van der Waals surface area contributed by atoms with E-state index in [2.05, 4.69) is 57.0 Å². The van der Waals surface area contributed by atoms with Crippen molar-refractivity contribution < 1.29 is 4.74 Å². The molecule has 2 unspecified atom stereocenters. The smallest absolute Gasteiger partial charge is 0.122 e. The van der Waals surface area contributed by atoms with Crippen molar-refractivity contribution in [2.75, 3.05) is 13.7 Å². The fraction of sp³-hybridized carbons (Fsp3) is 0.438. The number of nitrogens with zero attached hydrogens (tertiary/aromatic N) is 2. The second-order valence-electron chi connectivity index (χ2n) is 5.64. The third-order valence-electron chi connectivity index (χ3n) is 4.02. The van der Waals surface area contributed by atoms with Crippen LogP contribution in [0.1, 0.15) is 43.1 Å². The van der Waals surface area contributed by atoms with E-state index >= 15 is 0 Å². The van der Waals surface area contributed by atoms with Gasteiger partial charge in [-0.15, -0.1) is 0 Å². The lowest BCUT2D eigenvalue weighted by atomic mass is 9.91. The molecule has 0 saturated carbocycles. The topological polar surface area (TPSA) is 39.1 Å². The first kappa shape index (κ1) is 14.6. The highest BCUT2D eigenvalue weighted by Gasteiger charge is 2.34. The monoisotopic (exact) mass is 349 g/mol. The SMILES string of the molecule is CNC(c1c(Br)cnn1C(C)C)C1COc2ccccc21. The minimum absolute atomic E-state index is 0.160. The Morgan fingerprint density at radius 1 is 1.38 bits per heavy atom. The van der Waals surface area contributed by atoms with E-state index in [1.165, 1.54) is 11.3 Å². The zero-order valence-corrected chi connectivity index (χ0v) is 14.1. The lowest BCUT2D eigenvalue weighted by molar-refractivity contribution is 0.296. The van der Waals surface area contributed by atoms with Gasteiger partial charge in [-0.3, -0.25) is 4.68 Å². The summed E-state index contributed by atoms with van der Waals surface area (Å²) in [4.78, 5) is 0. The molecule has 3 rings (SSSR count). The first-order valence-corrected chi connectivity index (χ1v) is 8.04. The van der Waals surface area contributed by atoms with Gasteiger partial charge in [0, 0.05) is 17.5 Å². The van der Waals surface area contributed by atoms with Gasteiger partial charge in [0.25, 0.3) is 0 Å². The standard InChI is InChI=1S/C16H20BrN3O/c1-10(2)20-16(13(17)8-19-20)15(18-3)12-9-21-14-7-5-4-6-11(12)14/h4-8,10,12,15,18H,9H2,1-3H3. The molecule has 2 heterocycles. The Kier molecular flexibility index (Phi) is 4.04. The minimum Gasteiger partial charge on any atom is -0.493 e. The maximum atomic E-state index is 5.85. The van der Waals surface area contributed by atoms with Crippen LogP contribution in [0.25, 0.3) is 0 Å². The summed E-state index contributed by atoms with van der Waals surface area (Å²) in [6.45, 7) is 4.99. The average molecular weight is 350 g/mol. The molecule has 0 saturated heterocycles. The number of para-hydroxylation sites is 1. The number of hydrogen-bond donors (Lipinski definition) is 1. The van der Waals surface area contributed by atoms with E-state index in [0.29, 0.717) is 12.6 Å². The molecule has 0 spiro atoms. The zero-order chi connectivity index (χ0) is 15.0. The fourth-order valence-corrected chi connectivity index (χ4v) is 3.56. The van der Waals surface area contributed by atoms with Gasteiger partial charge in [0.05, 0.1) is 29.0 Å². The molecule has 1 aromatic heterocycles. The number of fused-ring (bicyclic) bond motifs is 1. The Morgan fingerprint density at radius 2 is 2.14 bits per heavy atom. The van der Waals surface area contributed by atoms with Gasteiger partial charge in [-0.05, 0) is 42.9 Å². The number of likely N-dealkylation sites (N-methyl/N-ethyl adjacent to an activating group) is 1. The highest BCUT2D eigenvalue weighted by Crippen LogP contribution is 2.42. The predicted molar refractivity (Wildman–Crippen MR) is 86.8 cm³/mol. The summed E-state index contributed by atoms with van der Waals surface area (Å²) >= 11 is 3.65. The number of rotatable bonds is 4. The maximum absolute atomic E-state index is 5.85. The molecular weight excluding hydrogens is 330 g/mol. The van der Waals surface area contributed by atoms with Crippen molar-refractivity contribution >= 4 is 15.9 Å². The molecule has 21 heavy (non-hydrogen) atoms. The van der Waals surface area contributed by atoms with E-state index < -0.39 is 0 Å². The summed E-state index contributed by atoms with van der Waals surface area (Å²) in [6, 6.07) is 8.76. The van der Waals surface area contributed by atoms with E-state index in [0.717, 1.165) is 10.2 Å². The van der Waals surface area contributed by atoms with Crippen LogP contribution < -0.4 is 10.1 Å². The number of hydrogen-bond acceptors (Lipinski definition) is 3. The van der Waals surface area contributed by atoms with Crippen molar-refractivity contribution in [1.82, 2.24) is 15.1 Å². The summed E-state index contributed by atoms with van der Waals surface area (Å²) in [5.41, 5.74) is 2.44. The summed E-state index contributed by atoms with van der Waals surface area (Å²) in [7, 11) is 2.00. The Morgan fingerprint density at radius 3 is 2.86 bits per heavy atom. The Bertz CT molecular complexity index is 638. The normalized spacial score (nSPS) is 18.6. The van der Waals surface area contributed by atoms with Crippen LogP contribution in [0.4, 0.5) is 0 Å². The lowest BCUT2D eigenvalue weighted by Crippen LogP contribution is -2.28. The van der Waals surface area contributed by atoms with Crippen LogP contribution >= 0.6 is 15.9 Å². The summed E-state index contributed by atoms with van der Waals surface area (Å²) in [5, 5.41) is 7.95. The molecule has 1 aromatic carbocycles. The van der Waals surface area contributed by atoms with Crippen LogP contribution in [0.3, 0.4) is 0 Å². The quantitative estimate of drug-likeness (QED) is 0.915. The maximum Gasteiger partial charge on any atom is 0.122 e. The summed E-state index contributed by atoms with van der Waals surface area (Å²) < 4.78 is 8.96. The molecule has 2 aromatic rings. The second-order valence-corrected chi connectivity index (χ2v) is 6.49. The molecular formula is C16H20BrN3O. The van der Waals surface area contributed by atoms with Crippen molar-refractivity contribution in [3.05, 3.63) is 46.2 Å². The molecule has 0 fully saturated rings. The number of nitrogens with one attached hydrogen (secondary N) is 1. The lowest BCUT2D eigenvalue weighted by Gasteiger charge is -2.25. The zero-order valence-electron chi connectivity index (χ0n) is 12.5. The average Bonchev–Trinajstić information content (AvgIpc) is 3.06. The van der Waals surface area contributed by atoms with E-state index in [-0.39, 0.29) is 12.0 Å². The van der Waals surface area contributed by atoms with Gasteiger partial charge in [-0.25, -0.2) is 0 Å². The third kappa shape index (κ3) is 2.49. The summed E-state index contributed by atoms with van der Waals surface area (Å²) in [6.07, 6.45) is 1.88. The third-order valence-corrected chi connectivity index (χ3v) is 4.63. The van der Waals surface area contributed by atoms with Gasteiger partial charge < -0.3 is 10.1 Å². The van der Waals surface area contributed by atoms with Crippen LogP contribution in [-0.4, -0.2) is 23.4 Å². The highest BCUT2D eigenvalue weighted by atomic mass is 79.9. The van der Waals surface area contributed by atoms with Crippen LogP contribution in [0.5, 0.6) is 5.75 Å². The van der Waals surface area contributed by atoms with E-state index in [1.54, 1.807) is 0 Å². The molecule has 0 amide bonds. The van der Waals surface area contributed by atoms with Gasteiger partial charge in [0.15, 0.2) is 0 Å². The Balaban J connectivity index is 2.03. The van der Waals surface area contributed by atoms with Crippen molar-refractivity contribution in [3.63, 3.8) is 0 Å². The van der Waals surface area contributed by atoms with Crippen LogP contribution in [0.15, 0.2) is 34.9 Å². The molecule has 1 aliphatic rings. The number of benzene rings is 1. The molecule has 0 bridgehead atoms. The molecule has 0 aliphatic carbocycles. The summed E-state index contributed by atoms with van der Waals surface area (Å²) in [5.74, 6) is 1.28. The molecule has 1 aliphatic heterocycles. The molecule has 4 nitrogen and oxygen atoms in total. The van der Waals surface area contributed by atoms with Crippen molar-refractivity contribution in [2.45, 2.75) is 31.8 Å². The van der Waals surface area contributed by atoms with Crippen LogP contribution in [0, 0.1) is 0 Å². The van der Waals surface area contributed by atoms with Crippen molar-refractivity contribution in [2.24, 2.45) is 0 Å². The molecule has 5 heteroatoms. The van der Waals surface area contributed by atoms with Crippen LogP contribution in [-0.2, 0) is 0 Å². The van der Waals surface area contributed by atoms with Crippen molar-refractivity contribution in [3.8, 4) is 5.75 Å². The first-order chi connectivity index (χ1) is 10.1. The number of aromatic nitrogens is 2. The fourth-order valence-electron chi connectivity index (χ4n) is 3.05. The van der Waals surface area contributed by atoms with Crippen molar-refractivity contribution in [1.29, 1.82) is 0 Å². The Hall–Kier alpha value is -1.33. The van der Waals surface area contributed by atoms with E-state index in [1.807, 2.05) is 25.4 Å². The first-order valence-electron chi connectivity index (χ1n) is 7.25. The van der Waals surface area contributed by atoms with Gasteiger partial charge in [0.1, 0.15) is 5.75 Å². The van der Waals surface area contributed by atoms with Gasteiger partial charge in [0.2, 0.25) is 0 Å². The minimum atomic E-state index is 0.160. The second kappa shape index (κ2) is 5.81. The van der Waals surface area contributed by atoms with Gasteiger partial charge >= 0.3 is 0 Å². The molecule has 0 radical (unpaired) electrons.